The molecule has 2 atom stereocenters. The van der Waals surface area contributed by atoms with Gasteiger partial charge in [0.1, 0.15) is 0 Å². The van der Waals surface area contributed by atoms with Crippen LogP contribution in [0.15, 0.2) is 24.5 Å². The Balaban J connectivity index is 1.39. The molecule has 4 heterocycles. The number of aliphatic carboxylic acids is 1. The molecule has 4 rings (SSSR count). The van der Waals surface area contributed by atoms with Gasteiger partial charge in [-0.3, -0.25) is 19.6 Å². The van der Waals surface area contributed by atoms with E-state index in [-0.39, 0.29) is 5.92 Å². The van der Waals surface area contributed by atoms with Crippen molar-refractivity contribution in [3.8, 4) is 0 Å². The Hall–Kier alpha value is -1.50. The van der Waals surface area contributed by atoms with E-state index in [9.17, 15) is 9.90 Å². The molecule has 0 spiro atoms. The van der Waals surface area contributed by atoms with Crippen LogP contribution >= 0.6 is 0 Å². The summed E-state index contributed by atoms with van der Waals surface area (Å²) in [7, 11) is 0. The second-order valence-corrected chi connectivity index (χ2v) is 8.69. The first-order chi connectivity index (χ1) is 13.1. The van der Waals surface area contributed by atoms with E-state index in [1.165, 1.54) is 31.4 Å². The minimum Gasteiger partial charge on any atom is -0.481 e. The molecule has 3 saturated heterocycles. The van der Waals surface area contributed by atoms with Gasteiger partial charge in [-0.15, -0.1) is 0 Å². The van der Waals surface area contributed by atoms with Crippen LogP contribution in [0, 0.1) is 11.3 Å². The fourth-order valence-electron chi connectivity index (χ4n) is 5.48. The summed E-state index contributed by atoms with van der Waals surface area (Å²) in [5.41, 5.74) is 0.624. The minimum atomic E-state index is -0.601. The van der Waals surface area contributed by atoms with Crippen molar-refractivity contribution in [2.45, 2.75) is 38.8 Å². The van der Waals surface area contributed by atoms with Gasteiger partial charge < -0.3 is 10.0 Å². The molecule has 3 fully saturated rings. The van der Waals surface area contributed by atoms with E-state index in [1.54, 1.807) is 0 Å². The van der Waals surface area contributed by atoms with Gasteiger partial charge in [-0.1, -0.05) is 6.92 Å². The summed E-state index contributed by atoms with van der Waals surface area (Å²) < 4.78 is 0. The number of nitrogens with zero attached hydrogens (tertiary/aromatic N) is 4. The van der Waals surface area contributed by atoms with Crippen LogP contribution in [0.1, 0.15) is 31.7 Å². The summed E-state index contributed by atoms with van der Waals surface area (Å²) in [6, 6.07) is 4.61. The van der Waals surface area contributed by atoms with Crippen molar-refractivity contribution in [2.75, 3.05) is 45.8 Å². The van der Waals surface area contributed by atoms with E-state index in [4.69, 9.17) is 0 Å². The second kappa shape index (κ2) is 7.86. The molecule has 148 valence electrons. The van der Waals surface area contributed by atoms with E-state index in [1.807, 2.05) is 24.5 Å². The predicted molar refractivity (Wildman–Crippen MR) is 104 cm³/mol. The molecular formula is C21H32N4O2. The number of piperidine rings is 1. The van der Waals surface area contributed by atoms with Gasteiger partial charge in [0.25, 0.3) is 0 Å². The van der Waals surface area contributed by atoms with E-state index in [0.29, 0.717) is 12.6 Å². The normalized spacial score (nSPS) is 30.6. The summed E-state index contributed by atoms with van der Waals surface area (Å²) >= 11 is 0. The predicted octanol–water partition coefficient (Wildman–Crippen LogP) is 1.77. The molecule has 3 aliphatic rings. The van der Waals surface area contributed by atoms with Crippen molar-refractivity contribution in [3.05, 3.63) is 30.1 Å². The Morgan fingerprint density at radius 3 is 2.56 bits per heavy atom. The highest BCUT2D eigenvalue weighted by Gasteiger charge is 2.58. The third-order valence-corrected chi connectivity index (χ3v) is 6.90. The highest BCUT2D eigenvalue weighted by Crippen LogP contribution is 2.44. The first-order valence-corrected chi connectivity index (χ1v) is 10.4. The van der Waals surface area contributed by atoms with Crippen LogP contribution in [-0.2, 0) is 11.3 Å². The van der Waals surface area contributed by atoms with Crippen molar-refractivity contribution < 1.29 is 9.90 Å². The third kappa shape index (κ3) is 3.75. The van der Waals surface area contributed by atoms with Gasteiger partial charge in [0.05, 0.1) is 5.41 Å². The number of fused-ring (bicyclic) bond motifs is 1. The smallest absolute Gasteiger partial charge is 0.312 e. The zero-order valence-electron chi connectivity index (χ0n) is 16.4. The maximum absolute atomic E-state index is 12.3. The van der Waals surface area contributed by atoms with Crippen LogP contribution in [0.25, 0.3) is 0 Å². The quantitative estimate of drug-likeness (QED) is 0.821. The number of aromatic nitrogens is 1. The number of pyridine rings is 1. The summed E-state index contributed by atoms with van der Waals surface area (Å²) in [5.74, 6) is -0.360. The van der Waals surface area contributed by atoms with Crippen molar-refractivity contribution >= 4 is 5.97 Å². The summed E-state index contributed by atoms with van der Waals surface area (Å²) in [6.07, 6.45) is 7.20. The first kappa shape index (κ1) is 18.8. The van der Waals surface area contributed by atoms with Crippen molar-refractivity contribution in [1.29, 1.82) is 0 Å². The lowest BCUT2D eigenvalue weighted by atomic mass is 9.81. The number of hydrogen-bond donors (Lipinski definition) is 1. The van der Waals surface area contributed by atoms with Crippen molar-refractivity contribution in [3.63, 3.8) is 0 Å². The second-order valence-electron chi connectivity index (χ2n) is 8.69. The van der Waals surface area contributed by atoms with Gasteiger partial charge in [-0.25, -0.2) is 0 Å². The average Bonchev–Trinajstić information content (AvgIpc) is 3.18. The minimum absolute atomic E-state index is 0.241. The van der Waals surface area contributed by atoms with Crippen molar-refractivity contribution in [2.24, 2.45) is 11.3 Å². The molecular weight excluding hydrogens is 340 g/mol. The lowest BCUT2D eigenvalue weighted by molar-refractivity contribution is -0.149. The van der Waals surface area contributed by atoms with Crippen LogP contribution in [0.5, 0.6) is 0 Å². The number of carboxylic acids is 1. The van der Waals surface area contributed by atoms with Crippen LogP contribution in [0.2, 0.25) is 0 Å². The number of hydrogen-bond acceptors (Lipinski definition) is 5. The van der Waals surface area contributed by atoms with Gasteiger partial charge in [0, 0.05) is 57.1 Å². The van der Waals surface area contributed by atoms with E-state index in [0.717, 1.165) is 39.3 Å². The van der Waals surface area contributed by atoms with Gasteiger partial charge in [-0.2, -0.15) is 0 Å². The molecule has 0 radical (unpaired) electrons. The van der Waals surface area contributed by atoms with E-state index < -0.39 is 11.4 Å². The molecule has 3 aliphatic heterocycles. The van der Waals surface area contributed by atoms with Crippen LogP contribution in [0.4, 0.5) is 0 Å². The summed E-state index contributed by atoms with van der Waals surface area (Å²) in [4.78, 5) is 23.8. The largest absolute Gasteiger partial charge is 0.481 e. The molecule has 6 nitrogen and oxygen atoms in total. The number of carboxylic acid groups (broad SMARTS) is 1. The maximum Gasteiger partial charge on any atom is 0.312 e. The van der Waals surface area contributed by atoms with Gasteiger partial charge >= 0.3 is 5.97 Å². The molecule has 0 amide bonds. The van der Waals surface area contributed by atoms with Gasteiger partial charge in [0.15, 0.2) is 0 Å². The lowest BCUT2D eigenvalue weighted by Gasteiger charge is -2.37. The summed E-state index contributed by atoms with van der Waals surface area (Å²) in [5, 5.41) is 10.1. The van der Waals surface area contributed by atoms with Crippen LogP contribution in [-0.4, -0.2) is 82.6 Å². The van der Waals surface area contributed by atoms with Crippen LogP contribution < -0.4 is 0 Å². The molecule has 0 aliphatic carbocycles. The van der Waals surface area contributed by atoms with E-state index >= 15 is 0 Å². The Labute approximate surface area is 162 Å². The van der Waals surface area contributed by atoms with Crippen molar-refractivity contribution in [1.82, 2.24) is 19.7 Å². The van der Waals surface area contributed by atoms with Gasteiger partial charge in [-0.05, 0) is 56.6 Å². The van der Waals surface area contributed by atoms with Gasteiger partial charge in [0.2, 0.25) is 0 Å². The molecule has 0 bridgehead atoms. The summed E-state index contributed by atoms with van der Waals surface area (Å²) in [6.45, 7) is 9.79. The molecule has 0 saturated carbocycles. The standard InChI is InChI=1S/C21H32N4O2/c1-2-9-23-10-5-19(6-11-23)25-14-18-13-24(12-17-3-7-22-8-4-17)15-21(18,16-25)20(26)27/h3-4,7-8,18-19H,2,5-6,9-16H2,1H3,(H,26,27)/t18-,21-/m1/s1. The Morgan fingerprint density at radius 1 is 1.19 bits per heavy atom. The SMILES string of the molecule is CCCN1CCC(N2C[C@H]3CN(Cc4ccncc4)C[C@@]3(C(=O)O)C2)CC1. The fourth-order valence-corrected chi connectivity index (χ4v) is 5.48. The third-order valence-electron chi connectivity index (χ3n) is 6.90. The first-order valence-electron chi connectivity index (χ1n) is 10.4. The molecule has 0 aromatic carbocycles. The highest BCUT2D eigenvalue weighted by atomic mass is 16.4. The highest BCUT2D eigenvalue weighted by molar-refractivity contribution is 5.77. The zero-order valence-corrected chi connectivity index (χ0v) is 16.4. The zero-order chi connectivity index (χ0) is 18.9. The number of rotatable bonds is 6. The molecule has 1 aromatic heterocycles. The monoisotopic (exact) mass is 372 g/mol. The fraction of sp³-hybridized carbons (Fsp3) is 0.714. The topological polar surface area (TPSA) is 59.9 Å². The molecule has 6 heteroatoms. The maximum atomic E-state index is 12.3. The van der Waals surface area contributed by atoms with E-state index in [2.05, 4.69) is 26.6 Å². The molecule has 1 aromatic rings. The van der Waals surface area contributed by atoms with Crippen LogP contribution in [0.3, 0.4) is 0 Å². The molecule has 0 unspecified atom stereocenters. The Bertz CT molecular complexity index is 647. The molecule has 27 heavy (non-hydrogen) atoms. The Kier molecular flexibility index (Phi) is 5.48. The average molecular weight is 373 g/mol. The molecule has 1 N–H and O–H groups in total. The Morgan fingerprint density at radius 2 is 1.93 bits per heavy atom. The number of likely N-dealkylation sites (tertiary alicyclic amines) is 3. The number of carbonyl (C=O) groups is 1. The lowest BCUT2D eigenvalue weighted by Crippen LogP contribution is -2.47.